The first-order valence-corrected chi connectivity index (χ1v) is 20.8. The number of benzene rings is 3. The summed E-state index contributed by atoms with van der Waals surface area (Å²) in [5, 5.41) is 18.3. The minimum atomic E-state index is -1.47. The molecule has 8 N–H and O–H groups in total. The Morgan fingerprint density at radius 2 is 1.32 bits per heavy atom. The van der Waals surface area contributed by atoms with Crippen molar-refractivity contribution in [2.24, 2.45) is 16.5 Å². The fourth-order valence-corrected chi connectivity index (χ4v) is 7.32. The number of carboxylic acid groups (broad SMARTS) is 1. The van der Waals surface area contributed by atoms with Crippen molar-refractivity contribution in [1.29, 1.82) is 0 Å². The van der Waals surface area contributed by atoms with Crippen LogP contribution in [-0.2, 0) is 39.8 Å². The summed E-state index contributed by atoms with van der Waals surface area (Å²) >= 11 is 0. The number of nitrogens with zero attached hydrogens (tertiary/aromatic N) is 2. The minimum Gasteiger partial charge on any atom is -0.480 e. The van der Waals surface area contributed by atoms with Gasteiger partial charge >= 0.3 is 24.1 Å². The number of carbonyl (C=O) groups is 6. The molecule has 3 aromatic carbocycles. The van der Waals surface area contributed by atoms with Gasteiger partial charge in [-0.1, -0.05) is 66.7 Å². The molecule has 0 bridgehead atoms. The number of hydrogen-bond acceptors (Lipinski definition) is 10. The highest BCUT2D eigenvalue weighted by molar-refractivity contribution is 5.95. The maximum Gasteiger partial charge on any atom is 0.419 e. The third kappa shape index (κ3) is 13.0. The fourth-order valence-electron chi connectivity index (χ4n) is 7.32. The van der Waals surface area contributed by atoms with Gasteiger partial charge in [0.2, 0.25) is 11.8 Å². The highest BCUT2D eigenvalue weighted by atomic mass is 16.6. The standard InChI is InChI=1S/C46H57N7O10/c1-45(2,3)62-38(54)22-21-34(39(55)51-35(41(57)58)19-13-23-49-42(47)48)50-40(56)36(24-27-25-53(44(60)63-46(4,5)6)37-20-12-11-14-28(27)37)52-43(59)61-26-33-31-17-9-7-15-29(31)30-16-8-10-18-32(30)33/h7-12,14-18,20,25,33-36H,13,19,21-24,26H2,1-6H3,(H,50,56)(H,51,55)(H,52,59)(H,57,58)(H4,47,48,49)/t34-,35-,36-/m0/s1. The van der Waals surface area contributed by atoms with Gasteiger partial charge in [0.05, 0.1) is 5.52 Å². The predicted molar refractivity (Wildman–Crippen MR) is 236 cm³/mol. The Bertz CT molecular complexity index is 2310. The van der Waals surface area contributed by atoms with Crippen molar-refractivity contribution in [3.63, 3.8) is 0 Å². The van der Waals surface area contributed by atoms with Crippen LogP contribution in [0.25, 0.3) is 22.0 Å². The van der Waals surface area contributed by atoms with Gasteiger partial charge < -0.3 is 46.7 Å². The first-order chi connectivity index (χ1) is 29.7. The van der Waals surface area contributed by atoms with Gasteiger partial charge in [-0.2, -0.15) is 0 Å². The summed E-state index contributed by atoms with van der Waals surface area (Å²) in [6.07, 6.45) is -0.755. The van der Waals surface area contributed by atoms with E-state index < -0.39 is 65.3 Å². The second kappa shape index (κ2) is 20.3. The number of aliphatic imine (C=N–C) groups is 1. The van der Waals surface area contributed by atoms with E-state index in [1.54, 1.807) is 65.8 Å². The normalized spacial score (nSPS) is 13.7. The molecule has 1 aromatic heterocycles. The Morgan fingerprint density at radius 3 is 1.92 bits per heavy atom. The zero-order valence-corrected chi connectivity index (χ0v) is 36.4. The van der Waals surface area contributed by atoms with Gasteiger partial charge in [-0.3, -0.25) is 23.9 Å². The zero-order chi connectivity index (χ0) is 46.1. The van der Waals surface area contributed by atoms with Gasteiger partial charge in [0, 0.05) is 36.9 Å². The summed E-state index contributed by atoms with van der Waals surface area (Å²) in [5.41, 5.74) is 14.1. The molecule has 0 aliphatic heterocycles. The van der Waals surface area contributed by atoms with Crippen molar-refractivity contribution >= 4 is 52.8 Å². The molecule has 63 heavy (non-hydrogen) atoms. The number of guanidine groups is 1. The number of hydrogen-bond donors (Lipinski definition) is 6. The number of aliphatic carboxylic acids is 1. The van der Waals surface area contributed by atoms with Gasteiger partial charge in [-0.15, -0.1) is 0 Å². The quantitative estimate of drug-likeness (QED) is 0.0266. The van der Waals surface area contributed by atoms with E-state index in [1.807, 2.05) is 48.5 Å². The summed E-state index contributed by atoms with van der Waals surface area (Å²) in [6.45, 7) is 10.3. The summed E-state index contributed by atoms with van der Waals surface area (Å²) in [4.78, 5) is 84.5. The molecule has 0 fully saturated rings. The van der Waals surface area contributed by atoms with Gasteiger partial charge in [-0.25, -0.2) is 14.4 Å². The summed E-state index contributed by atoms with van der Waals surface area (Å²) in [6, 6.07) is 18.3. The Hall–Kier alpha value is -6.91. The number of fused-ring (bicyclic) bond motifs is 4. The predicted octanol–water partition coefficient (Wildman–Crippen LogP) is 5.10. The largest absolute Gasteiger partial charge is 0.480 e. The number of nitrogens with two attached hydrogens (primary N) is 2. The maximum atomic E-state index is 14.5. The smallest absolute Gasteiger partial charge is 0.419 e. The number of ether oxygens (including phenoxy) is 3. The van der Waals surface area contributed by atoms with E-state index in [0.717, 1.165) is 22.3 Å². The van der Waals surface area contributed by atoms with Crippen molar-refractivity contribution in [3.05, 3.63) is 95.7 Å². The van der Waals surface area contributed by atoms with Crippen LogP contribution in [0.15, 0.2) is 84.0 Å². The molecular formula is C46H57N7O10. The number of carboxylic acids is 1. The van der Waals surface area contributed by atoms with Crippen LogP contribution in [0.1, 0.15) is 89.8 Å². The molecule has 0 saturated carbocycles. The lowest BCUT2D eigenvalue weighted by molar-refractivity contribution is -0.155. The van der Waals surface area contributed by atoms with Crippen LogP contribution < -0.4 is 27.4 Å². The third-order valence-electron chi connectivity index (χ3n) is 10.0. The molecule has 0 saturated heterocycles. The fraction of sp³-hybridized carbons (Fsp3) is 0.413. The zero-order valence-electron chi connectivity index (χ0n) is 36.4. The molecule has 4 aromatic rings. The first kappa shape index (κ1) is 47.1. The maximum absolute atomic E-state index is 14.5. The van der Waals surface area contributed by atoms with E-state index in [-0.39, 0.29) is 57.1 Å². The molecule has 3 amide bonds. The van der Waals surface area contributed by atoms with Crippen LogP contribution in [0.5, 0.6) is 0 Å². The van der Waals surface area contributed by atoms with Crippen molar-refractivity contribution in [3.8, 4) is 11.1 Å². The summed E-state index contributed by atoms with van der Waals surface area (Å²) in [5.74, 6) is -4.23. The average Bonchev–Trinajstić information content (AvgIpc) is 3.73. The lowest BCUT2D eigenvalue weighted by Gasteiger charge is -2.25. The number of alkyl carbamates (subject to hydrolysis) is 1. The van der Waals surface area contributed by atoms with Crippen LogP contribution in [0.2, 0.25) is 0 Å². The van der Waals surface area contributed by atoms with Crippen molar-refractivity contribution in [1.82, 2.24) is 20.5 Å². The van der Waals surface area contributed by atoms with E-state index in [4.69, 9.17) is 25.7 Å². The van der Waals surface area contributed by atoms with E-state index >= 15 is 0 Å². The second-order valence-corrected chi connectivity index (χ2v) is 17.3. The van der Waals surface area contributed by atoms with E-state index in [9.17, 15) is 33.9 Å². The molecule has 3 atom stereocenters. The molecule has 1 aliphatic carbocycles. The number of amides is 3. The lowest BCUT2D eigenvalue weighted by Crippen LogP contribution is -2.56. The van der Waals surface area contributed by atoms with Crippen LogP contribution in [0, 0.1) is 0 Å². The van der Waals surface area contributed by atoms with Gasteiger partial charge in [0.15, 0.2) is 5.96 Å². The minimum absolute atomic E-state index is 0.0573. The highest BCUT2D eigenvalue weighted by Crippen LogP contribution is 2.44. The summed E-state index contributed by atoms with van der Waals surface area (Å²) in [7, 11) is 0. The highest BCUT2D eigenvalue weighted by Gasteiger charge is 2.34. The SMILES string of the molecule is CC(C)(C)OC(=O)CC[C@H](NC(=O)[C@H](Cc1cn(C(=O)OC(C)(C)C)c2ccccc12)NC(=O)OCC1c2ccccc2-c2ccccc21)C(=O)N[C@@H](CCCN=C(N)N)C(=O)O. The van der Waals surface area contributed by atoms with Crippen LogP contribution in [-0.4, -0.2) is 94.1 Å². The monoisotopic (exact) mass is 867 g/mol. The van der Waals surface area contributed by atoms with E-state index in [1.165, 1.54) is 10.8 Å². The molecule has 5 rings (SSSR count). The van der Waals surface area contributed by atoms with Crippen molar-refractivity contribution < 1.29 is 48.1 Å². The lowest BCUT2D eigenvalue weighted by atomic mass is 9.98. The van der Waals surface area contributed by atoms with Crippen molar-refractivity contribution in [2.75, 3.05) is 13.2 Å². The van der Waals surface area contributed by atoms with E-state index in [2.05, 4.69) is 20.9 Å². The molecule has 0 radical (unpaired) electrons. The molecular weight excluding hydrogens is 811 g/mol. The molecule has 0 unspecified atom stereocenters. The number of aromatic nitrogens is 1. The van der Waals surface area contributed by atoms with Crippen LogP contribution >= 0.6 is 0 Å². The molecule has 17 heteroatoms. The number of rotatable bonds is 17. The molecule has 0 spiro atoms. The van der Waals surface area contributed by atoms with Gasteiger partial charge in [-0.05, 0) is 94.7 Å². The Balaban J connectivity index is 1.44. The number of esters is 1. The molecule has 1 aliphatic rings. The molecule has 1 heterocycles. The molecule has 336 valence electrons. The van der Waals surface area contributed by atoms with Crippen LogP contribution in [0.4, 0.5) is 9.59 Å². The second-order valence-electron chi connectivity index (χ2n) is 17.3. The van der Waals surface area contributed by atoms with Gasteiger partial charge in [0.25, 0.3) is 0 Å². The summed E-state index contributed by atoms with van der Waals surface area (Å²) < 4.78 is 18.2. The number of para-hydroxylation sites is 1. The average molecular weight is 868 g/mol. The molecule has 17 nitrogen and oxygen atoms in total. The topological polar surface area (TPSA) is 256 Å². The first-order valence-electron chi connectivity index (χ1n) is 20.8. The Morgan fingerprint density at radius 1 is 0.746 bits per heavy atom. The third-order valence-corrected chi connectivity index (χ3v) is 10.0. The Kier molecular flexibility index (Phi) is 15.2. The van der Waals surface area contributed by atoms with Gasteiger partial charge in [0.1, 0.15) is 35.9 Å². The van der Waals surface area contributed by atoms with Crippen molar-refractivity contribution in [2.45, 2.75) is 109 Å². The van der Waals surface area contributed by atoms with Crippen LogP contribution in [0.3, 0.4) is 0 Å². The van der Waals surface area contributed by atoms with E-state index in [0.29, 0.717) is 16.5 Å². The Labute approximate surface area is 365 Å². The number of nitrogens with one attached hydrogen (secondary N) is 3. The number of carbonyl (C=O) groups excluding carboxylic acids is 5.